The summed E-state index contributed by atoms with van der Waals surface area (Å²) >= 11 is 0. The number of benzene rings is 2. The molecule has 0 saturated heterocycles. The molecule has 0 aliphatic heterocycles. The summed E-state index contributed by atoms with van der Waals surface area (Å²) in [5.41, 5.74) is -2.68. The van der Waals surface area contributed by atoms with Crippen LogP contribution in [-0.2, 0) is 28.3 Å². The number of aryl methyl sites for hydroxylation is 1. The summed E-state index contributed by atoms with van der Waals surface area (Å²) in [6.45, 7) is 6.88. The van der Waals surface area contributed by atoms with Crippen molar-refractivity contribution >= 4 is 33.5 Å². The third kappa shape index (κ3) is 8.42. The molecule has 4 rings (SSSR count). The smallest absolute Gasteiger partial charge is 0.336 e. The molecule has 0 radical (unpaired) electrons. The van der Waals surface area contributed by atoms with Gasteiger partial charge in [0.2, 0.25) is 0 Å². The first-order valence-electron chi connectivity index (χ1n) is 14.5. The third-order valence-electron chi connectivity index (χ3n) is 7.10. The molecule has 0 saturated carbocycles. The van der Waals surface area contributed by atoms with Crippen molar-refractivity contribution in [2.45, 2.75) is 50.6 Å². The van der Waals surface area contributed by atoms with Crippen molar-refractivity contribution in [2.75, 3.05) is 4.72 Å². The van der Waals surface area contributed by atoms with Crippen LogP contribution >= 0.6 is 0 Å². The lowest BCUT2D eigenvalue weighted by Crippen LogP contribution is -2.42. The molecule has 0 aliphatic carbocycles. The van der Waals surface area contributed by atoms with Crippen LogP contribution in [0, 0.1) is 18.6 Å². The number of carboxylic acids is 1. The lowest BCUT2D eigenvalue weighted by atomic mass is 10.1. The van der Waals surface area contributed by atoms with Crippen LogP contribution in [0.25, 0.3) is 5.82 Å². The molecule has 49 heavy (non-hydrogen) atoms. The van der Waals surface area contributed by atoms with E-state index >= 15 is 4.39 Å². The zero-order chi connectivity index (χ0) is 36.4. The Hall–Kier alpha value is -5.71. The molecular weight excluding hydrogens is 666 g/mol. The minimum absolute atomic E-state index is 0.0287. The zero-order valence-corrected chi connectivity index (χ0v) is 27.7. The number of pyridine rings is 1. The molecule has 14 nitrogen and oxygen atoms in total. The molecule has 2 heterocycles. The number of hydrogen-bond donors (Lipinski definition) is 4. The maximum Gasteiger partial charge on any atom is 0.336 e. The van der Waals surface area contributed by atoms with E-state index in [-0.39, 0.29) is 28.3 Å². The maximum absolute atomic E-state index is 15.0. The number of hydrogen-bond acceptors (Lipinski definition) is 8. The van der Waals surface area contributed by atoms with Gasteiger partial charge in [-0.25, -0.2) is 36.3 Å². The second kappa shape index (κ2) is 13.8. The van der Waals surface area contributed by atoms with Gasteiger partial charge in [-0.15, -0.1) is 0 Å². The third-order valence-corrected chi connectivity index (χ3v) is 8.48. The van der Waals surface area contributed by atoms with E-state index in [9.17, 15) is 41.9 Å². The fourth-order valence-electron chi connectivity index (χ4n) is 4.49. The predicted molar refractivity (Wildman–Crippen MR) is 173 cm³/mol. The van der Waals surface area contributed by atoms with Gasteiger partial charge in [-0.3, -0.25) is 19.1 Å². The Morgan fingerprint density at radius 1 is 0.959 bits per heavy atom. The average molecular weight is 699 g/mol. The number of anilines is 1. The summed E-state index contributed by atoms with van der Waals surface area (Å²) in [6.07, 6.45) is 0.826. The van der Waals surface area contributed by atoms with Gasteiger partial charge in [0, 0.05) is 48.6 Å². The quantitative estimate of drug-likeness (QED) is 0.192. The highest BCUT2D eigenvalue weighted by Crippen LogP contribution is 2.24. The summed E-state index contributed by atoms with van der Waals surface area (Å²) < 4.78 is 59.7. The Morgan fingerprint density at radius 2 is 1.61 bits per heavy atom. The van der Waals surface area contributed by atoms with Gasteiger partial charge in [-0.2, -0.15) is 0 Å². The van der Waals surface area contributed by atoms with E-state index in [4.69, 9.17) is 0 Å². The van der Waals surface area contributed by atoms with Crippen LogP contribution in [0.5, 0.6) is 0 Å². The average Bonchev–Trinajstić information content (AvgIpc) is 3.01. The van der Waals surface area contributed by atoms with Crippen molar-refractivity contribution in [1.29, 1.82) is 0 Å². The van der Waals surface area contributed by atoms with Crippen LogP contribution in [0.3, 0.4) is 0 Å². The van der Waals surface area contributed by atoms with Crippen molar-refractivity contribution in [3.63, 3.8) is 0 Å². The second-order valence-electron chi connectivity index (χ2n) is 12.0. The summed E-state index contributed by atoms with van der Waals surface area (Å²) in [4.78, 5) is 65.7. The Morgan fingerprint density at radius 3 is 2.18 bits per heavy atom. The number of aliphatic carboxylic acids is 1. The van der Waals surface area contributed by atoms with Crippen LogP contribution < -0.4 is 26.6 Å². The minimum Gasteiger partial charge on any atom is -0.480 e. The van der Waals surface area contributed by atoms with E-state index in [1.807, 2.05) is 4.72 Å². The summed E-state index contributed by atoms with van der Waals surface area (Å²) in [5.74, 6) is -5.99. The highest BCUT2D eigenvalue weighted by molar-refractivity contribution is 7.92. The number of amides is 2. The normalized spacial score (nSPS) is 12.2. The molecule has 0 unspecified atom stereocenters. The number of nitrogens with one attached hydrogen (secondary N) is 3. The summed E-state index contributed by atoms with van der Waals surface area (Å²) in [5, 5.41) is 14.5. The monoisotopic (exact) mass is 698 g/mol. The SMILES string of the molecule is Cc1cc(=O)n(-c2ccc(C[C@H](NC(=O)c3cc(F)c(NS(=O)(=O)c4ccc(C(=O)NC(C)(C)C)cc4)cc3F)C(=O)O)cn2)c(=O)n1C. The molecule has 2 aromatic carbocycles. The van der Waals surface area contributed by atoms with Crippen LogP contribution in [0.2, 0.25) is 0 Å². The highest BCUT2D eigenvalue weighted by Gasteiger charge is 2.26. The highest BCUT2D eigenvalue weighted by atomic mass is 32.2. The Kier molecular flexibility index (Phi) is 10.2. The van der Waals surface area contributed by atoms with Gasteiger partial charge in [-0.1, -0.05) is 6.07 Å². The minimum atomic E-state index is -4.47. The molecule has 2 amide bonds. The van der Waals surface area contributed by atoms with Gasteiger partial charge in [-0.05, 0) is 69.7 Å². The Labute approximate surface area is 278 Å². The Bertz CT molecular complexity index is 2180. The molecule has 1 atom stereocenters. The standard InChI is InChI=1S/C32H32F2N6O8S/c1-17-12-27(41)40(31(46)39(17)5)26-11-6-18(16-35-26)13-25(30(44)45)36-29(43)21-14-23(34)24(15-22(21)33)38-49(47,48)20-9-7-19(8-10-20)28(42)37-32(2,3)4/h6-12,14-16,25,38H,13H2,1-5H3,(H,36,43)(H,37,42)(H,44,45)/t25-/m0/s1. The number of carbonyl (C=O) groups excluding carboxylic acids is 2. The number of halogens is 2. The molecule has 0 fully saturated rings. The molecule has 4 aromatic rings. The number of sulfonamides is 1. The first-order chi connectivity index (χ1) is 22.8. The van der Waals surface area contributed by atoms with E-state index < -0.39 is 73.5 Å². The van der Waals surface area contributed by atoms with Crippen molar-refractivity contribution < 1.29 is 36.7 Å². The van der Waals surface area contributed by atoms with Crippen molar-refractivity contribution in [2.24, 2.45) is 7.05 Å². The van der Waals surface area contributed by atoms with Crippen LogP contribution in [0.1, 0.15) is 52.7 Å². The van der Waals surface area contributed by atoms with Crippen molar-refractivity contribution in [3.05, 3.63) is 116 Å². The fraction of sp³-hybridized carbons (Fsp3) is 0.250. The molecule has 0 aliphatic rings. The number of rotatable bonds is 10. The van der Waals surface area contributed by atoms with Crippen LogP contribution in [0.15, 0.2) is 75.3 Å². The maximum atomic E-state index is 15.0. The summed E-state index contributed by atoms with van der Waals surface area (Å²) in [7, 11) is -3.00. The van der Waals surface area contributed by atoms with Gasteiger partial charge < -0.3 is 20.3 Å². The van der Waals surface area contributed by atoms with Crippen molar-refractivity contribution in [3.8, 4) is 5.82 Å². The zero-order valence-electron chi connectivity index (χ0n) is 26.9. The predicted octanol–water partition coefficient (Wildman–Crippen LogP) is 2.27. The van der Waals surface area contributed by atoms with Gasteiger partial charge >= 0.3 is 11.7 Å². The van der Waals surface area contributed by atoms with Gasteiger partial charge in [0.25, 0.3) is 27.4 Å². The Balaban J connectivity index is 1.48. The van der Waals surface area contributed by atoms with E-state index in [0.29, 0.717) is 17.8 Å². The molecule has 0 spiro atoms. The van der Waals surface area contributed by atoms with E-state index in [2.05, 4.69) is 15.6 Å². The molecular formula is C32H32F2N6O8S. The van der Waals surface area contributed by atoms with Gasteiger partial charge in [0.1, 0.15) is 23.5 Å². The van der Waals surface area contributed by atoms with E-state index in [0.717, 1.165) is 16.7 Å². The van der Waals surface area contributed by atoms with Gasteiger partial charge in [0.15, 0.2) is 0 Å². The van der Waals surface area contributed by atoms with E-state index in [1.54, 1.807) is 27.7 Å². The molecule has 4 N–H and O–H groups in total. The van der Waals surface area contributed by atoms with E-state index in [1.165, 1.54) is 48.1 Å². The summed E-state index contributed by atoms with van der Waals surface area (Å²) in [6, 6.07) is 7.83. The number of carbonyl (C=O) groups is 3. The van der Waals surface area contributed by atoms with Crippen LogP contribution in [-0.4, -0.2) is 57.0 Å². The lowest BCUT2D eigenvalue weighted by molar-refractivity contribution is -0.139. The van der Waals surface area contributed by atoms with Crippen LogP contribution in [0.4, 0.5) is 14.5 Å². The lowest BCUT2D eigenvalue weighted by Gasteiger charge is -2.20. The molecule has 258 valence electrons. The van der Waals surface area contributed by atoms with Gasteiger partial charge in [0.05, 0.1) is 16.1 Å². The number of nitrogens with zero attached hydrogens (tertiary/aromatic N) is 3. The largest absolute Gasteiger partial charge is 0.480 e. The second-order valence-corrected chi connectivity index (χ2v) is 13.7. The topological polar surface area (TPSA) is 199 Å². The molecule has 2 aromatic heterocycles. The first-order valence-corrected chi connectivity index (χ1v) is 16.0. The number of carboxylic acid groups (broad SMARTS) is 1. The molecule has 0 bridgehead atoms. The first kappa shape index (κ1) is 36.1. The number of aromatic nitrogens is 3. The molecule has 17 heteroatoms. The fourth-order valence-corrected chi connectivity index (χ4v) is 5.55. The van der Waals surface area contributed by atoms with Crippen molar-refractivity contribution in [1.82, 2.24) is 24.8 Å².